The minimum absolute atomic E-state index is 0.517. The summed E-state index contributed by atoms with van der Waals surface area (Å²) in [6, 6.07) is 2.14. The van der Waals surface area contributed by atoms with Crippen LogP contribution in [-0.4, -0.2) is 22.9 Å². The second-order valence-electron chi connectivity index (χ2n) is 5.68. The Morgan fingerprint density at radius 3 is 2.75 bits per heavy atom. The third-order valence-corrected chi connectivity index (χ3v) is 3.33. The number of nitrogens with zero attached hydrogens (tertiary/aromatic N) is 2. The van der Waals surface area contributed by atoms with Gasteiger partial charge < -0.3 is 5.32 Å². The predicted molar refractivity (Wildman–Crippen MR) is 66.3 cm³/mol. The summed E-state index contributed by atoms with van der Waals surface area (Å²) < 4.78 is 1.90. The number of aromatic nitrogens is 2. The molecular formula is C13H23N3. The Morgan fingerprint density at radius 1 is 1.50 bits per heavy atom. The van der Waals surface area contributed by atoms with E-state index in [4.69, 9.17) is 0 Å². The lowest BCUT2D eigenvalue weighted by Crippen LogP contribution is -2.28. The van der Waals surface area contributed by atoms with Gasteiger partial charge in [-0.3, -0.25) is 4.68 Å². The monoisotopic (exact) mass is 221 g/mol. The fourth-order valence-electron chi connectivity index (χ4n) is 2.16. The molecule has 0 atom stereocenters. The summed E-state index contributed by atoms with van der Waals surface area (Å²) in [6.45, 7) is 6.79. The zero-order valence-corrected chi connectivity index (χ0v) is 10.7. The molecule has 1 aromatic rings. The molecule has 1 aliphatic rings. The third kappa shape index (κ3) is 3.08. The van der Waals surface area contributed by atoms with Crippen molar-refractivity contribution in [2.45, 2.75) is 33.1 Å². The van der Waals surface area contributed by atoms with E-state index in [1.807, 2.05) is 17.9 Å². The van der Waals surface area contributed by atoms with Crippen molar-refractivity contribution >= 4 is 0 Å². The quantitative estimate of drug-likeness (QED) is 0.796. The first-order valence-electron chi connectivity index (χ1n) is 6.29. The van der Waals surface area contributed by atoms with Crippen LogP contribution in [0.2, 0.25) is 0 Å². The Kier molecular flexibility index (Phi) is 3.33. The Bertz CT molecular complexity index is 337. The Labute approximate surface area is 98.2 Å². The zero-order valence-electron chi connectivity index (χ0n) is 10.7. The predicted octanol–water partition coefficient (Wildman–Crippen LogP) is 1.99. The van der Waals surface area contributed by atoms with Gasteiger partial charge in [0.05, 0.1) is 5.69 Å². The average Bonchev–Trinajstić information content (AvgIpc) is 2.82. The highest BCUT2D eigenvalue weighted by atomic mass is 15.2. The number of hydrogen-bond donors (Lipinski definition) is 1. The minimum Gasteiger partial charge on any atom is -0.316 e. The molecule has 0 radical (unpaired) electrons. The topological polar surface area (TPSA) is 29.9 Å². The van der Waals surface area contributed by atoms with Crippen molar-refractivity contribution < 1.29 is 0 Å². The molecule has 0 unspecified atom stereocenters. The first-order valence-corrected chi connectivity index (χ1v) is 6.29. The standard InChI is InChI=1S/C13H23N3/c1-11(2)9-14-10-13(5-6-13)8-12-4-7-16(3)15-12/h4,7,11,14H,5-6,8-10H2,1-3H3. The van der Waals surface area contributed by atoms with Crippen molar-refractivity contribution in [2.75, 3.05) is 13.1 Å². The first kappa shape index (κ1) is 11.6. The second-order valence-corrected chi connectivity index (χ2v) is 5.68. The molecule has 1 aromatic heterocycles. The molecule has 0 bridgehead atoms. The highest BCUT2D eigenvalue weighted by Gasteiger charge is 2.42. The molecule has 2 rings (SSSR count). The Morgan fingerprint density at radius 2 is 2.25 bits per heavy atom. The second kappa shape index (κ2) is 4.58. The van der Waals surface area contributed by atoms with Crippen LogP contribution >= 0.6 is 0 Å². The molecule has 1 aliphatic carbocycles. The lowest BCUT2D eigenvalue weighted by atomic mass is 10.00. The summed E-state index contributed by atoms with van der Waals surface area (Å²) in [4.78, 5) is 0. The fraction of sp³-hybridized carbons (Fsp3) is 0.769. The molecular weight excluding hydrogens is 198 g/mol. The van der Waals surface area contributed by atoms with Crippen molar-refractivity contribution in [3.63, 3.8) is 0 Å². The summed E-state index contributed by atoms with van der Waals surface area (Å²) >= 11 is 0. The van der Waals surface area contributed by atoms with Crippen molar-refractivity contribution in [2.24, 2.45) is 18.4 Å². The molecule has 90 valence electrons. The number of nitrogens with one attached hydrogen (secondary N) is 1. The van der Waals surface area contributed by atoms with E-state index in [9.17, 15) is 0 Å². The molecule has 1 saturated carbocycles. The molecule has 0 aliphatic heterocycles. The summed E-state index contributed by atoms with van der Waals surface area (Å²) in [5, 5.41) is 8.05. The Balaban J connectivity index is 1.80. The van der Waals surface area contributed by atoms with Gasteiger partial charge in [-0.15, -0.1) is 0 Å². The van der Waals surface area contributed by atoms with E-state index in [2.05, 4.69) is 30.3 Å². The molecule has 0 aromatic carbocycles. The number of aryl methyl sites for hydroxylation is 1. The highest BCUT2D eigenvalue weighted by molar-refractivity contribution is 5.08. The minimum atomic E-state index is 0.517. The molecule has 0 saturated heterocycles. The maximum atomic E-state index is 4.47. The van der Waals surface area contributed by atoms with Gasteiger partial charge in [0, 0.05) is 19.8 Å². The maximum Gasteiger partial charge on any atom is 0.0630 e. The van der Waals surface area contributed by atoms with E-state index in [0.29, 0.717) is 5.41 Å². The van der Waals surface area contributed by atoms with E-state index in [0.717, 1.165) is 25.4 Å². The molecule has 3 nitrogen and oxygen atoms in total. The molecule has 0 spiro atoms. The van der Waals surface area contributed by atoms with Crippen LogP contribution in [0.15, 0.2) is 12.3 Å². The van der Waals surface area contributed by atoms with Gasteiger partial charge in [-0.2, -0.15) is 5.10 Å². The van der Waals surface area contributed by atoms with Gasteiger partial charge in [-0.1, -0.05) is 13.8 Å². The van der Waals surface area contributed by atoms with Crippen molar-refractivity contribution in [1.29, 1.82) is 0 Å². The molecule has 1 heterocycles. The molecule has 0 amide bonds. The molecule has 1 N–H and O–H groups in total. The van der Waals surface area contributed by atoms with Crippen LogP contribution in [0.1, 0.15) is 32.4 Å². The summed E-state index contributed by atoms with van der Waals surface area (Å²) in [5.41, 5.74) is 1.76. The normalized spacial score (nSPS) is 18.0. The van der Waals surface area contributed by atoms with Crippen LogP contribution in [0.3, 0.4) is 0 Å². The molecule has 1 fully saturated rings. The van der Waals surface area contributed by atoms with Crippen LogP contribution in [-0.2, 0) is 13.5 Å². The molecule has 3 heteroatoms. The van der Waals surface area contributed by atoms with Crippen LogP contribution in [0.4, 0.5) is 0 Å². The van der Waals surface area contributed by atoms with Gasteiger partial charge in [0.25, 0.3) is 0 Å². The van der Waals surface area contributed by atoms with E-state index in [1.54, 1.807) is 0 Å². The van der Waals surface area contributed by atoms with E-state index < -0.39 is 0 Å². The van der Waals surface area contributed by atoms with E-state index in [1.165, 1.54) is 18.5 Å². The van der Waals surface area contributed by atoms with Crippen LogP contribution in [0.5, 0.6) is 0 Å². The third-order valence-electron chi connectivity index (χ3n) is 3.33. The average molecular weight is 221 g/mol. The fourth-order valence-corrected chi connectivity index (χ4v) is 2.16. The van der Waals surface area contributed by atoms with Gasteiger partial charge in [0.1, 0.15) is 0 Å². The van der Waals surface area contributed by atoms with E-state index >= 15 is 0 Å². The maximum absolute atomic E-state index is 4.47. The van der Waals surface area contributed by atoms with Crippen LogP contribution < -0.4 is 5.32 Å². The van der Waals surface area contributed by atoms with E-state index in [-0.39, 0.29) is 0 Å². The Hall–Kier alpha value is -0.830. The van der Waals surface area contributed by atoms with Gasteiger partial charge in [-0.05, 0) is 43.2 Å². The lowest BCUT2D eigenvalue weighted by molar-refractivity contribution is 0.427. The highest BCUT2D eigenvalue weighted by Crippen LogP contribution is 2.47. The SMILES string of the molecule is CC(C)CNCC1(Cc2ccn(C)n2)CC1. The first-order chi connectivity index (χ1) is 7.60. The summed E-state index contributed by atoms with van der Waals surface area (Å²) in [5.74, 6) is 0.741. The lowest BCUT2D eigenvalue weighted by Gasteiger charge is -2.15. The largest absolute Gasteiger partial charge is 0.316 e. The van der Waals surface area contributed by atoms with Gasteiger partial charge in [-0.25, -0.2) is 0 Å². The van der Waals surface area contributed by atoms with Crippen LogP contribution in [0, 0.1) is 11.3 Å². The number of rotatable bonds is 6. The zero-order chi connectivity index (χ0) is 11.6. The van der Waals surface area contributed by atoms with Gasteiger partial charge in [0.2, 0.25) is 0 Å². The summed E-state index contributed by atoms with van der Waals surface area (Å²) in [7, 11) is 1.99. The molecule has 16 heavy (non-hydrogen) atoms. The summed E-state index contributed by atoms with van der Waals surface area (Å²) in [6.07, 6.45) is 5.88. The number of hydrogen-bond acceptors (Lipinski definition) is 2. The van der Waals surface area contributed by atoms with Crippen molar-refractivity contribution in [3.05, 3.63) is 18.0 Å². The smallest absolute Gasteiger partial charge is 0.0630 e. The van der Waals surface area contributed by atoms with Gasteiger partial charge in [0.15, 0.2) is 0 Å². The van der Waals surface area contributed by atoms with Crippen molar-refractivity contribution in [3.8, 4) is 0 Å². The van der Waals surface area contributed by atoms with Crippen molar-refractivity contribution in [1.82, 2.24) is 15.1 Å². The van der Waals surface area contributed by atoms with Crippen LogP contribution in [0.25, 0.3) is 0 Å². The van der Waals surface area contributed by atoms with Gasteiger partial charge >= 0.3 is 0 Å².